The number of rotatable bonds is 2. The number of carbonyl (C=O) groups excluding carboxylic acids is 1. The number of para-hydroxylation sites is 1. The molecule has 1 aromatic rings. The zero-order valence-corrected chi connectivity index (χ0v) is 13.4. The van der Waals surface area contributed by atoms with Crippen molar-refractivity contribution < 1.29 is 9.53 Å². The van der Waals surface area contributed by atoms with Crippen LogP contribution < -0.4 is 10.6 Å². The summed E-state index contributed by atoms with van der Waals surface area (Å²) < 4.78 is 5.39. The van der Waals surface area contributed by atoms with E-state index in [0.717, 1.165) is 11.3 Å². The van der Waals surface area contributed by atoms with Gasteiger partial charge in [0, 0.05) is 37.4 Å². The molecule has 0 unspecified atom stereocenters. The fourth-order valence-corrected chi connectivity index (χ4v) is 2.43. The van der Waals surface area contributed by atoms with Crippen molar-refractivity contribution in [3.63, 3.8) is 0 Å². The summed E-state index contributed by atoms with van der Waals surface area (Å²) in [6.45, 7) is 8.19. The number of amidine groups is 1. The molecule has 1 fully saturated rings. The van der Waals surface area contributed by atoms with Crippen LogP contribution in [0.3, 0.4) is 0 Å². The molecule has 0 saturated carbocycles. The first-order chi connectivity index (χ1) is 10.3. The van der Waals surface area contributed by atoms with Crippen molar-refractivity contribution in [2.45, 2.75) is 26.4 Å². The first-order valence-corrected chi connectivity index (χ1v) is 7.44. The lowest BCUT2D eigenvalue weighted by molar-refractivity contribution is 0.0240. The number of amides is 1. The molecule has 3 N–H and O–H groups in total. The molecule has 2 rings (SSSR count). The van der Waals surface area contributed by atoms with Crippen molar-refractivity contribution in [2.75, 3.05) is 31.1 Å². The number of benzene rings is 1. The van der Waals surface area contributed by atoms with Gasteiger partial charge in [-0.1, -0.05) is 12.1 Å². The van der Waals surface area contributed by atoms with E-state index < -0.39 is 5.60 Å². The Morgan fingerprint density at radius 2 is 1.77 bits per heavy atom. The van der Waals surface area contributed by atoms with Gasteiger partial charge in [-0.05, 0) is 32.9 Å². The van der Waals surface area contributed by atoms with E-state index in [4.69, 9.17) is 15.9 Å². The second kappa shape index (κ2) is 6.25. The maximum absolute atomic E-state index is 12.1. The number of nitrogen functional groups attached to an aromatic ring is 1. The van der Waals surface area contributed by atoms with E-state index in [-0.39, 0.29) is 11.9 Å². The van der Waals surface area contributed by atoms with Gasteiger partial charge in [0.2, 0.25) is 0 Å². The molecule has 1 heterocycles. The van der Waals surface area contributed by atoms with Crippen LogP contribution in [0, 0.1) is 5.41 Å². The molecule has 1 amide bonds. The molecule has 0 radical (unpaired) electrons. The fourth-order valence-electron chi connectivity index (χ4n) is 2.43. The molecule has 1 aliphatic heterocycles. The van der Waals surface area contributed by atoms with Crippen LogP contribution in [0.15, 0.2) is 24.3 Å². The average molecular weight is 304 g/mol. The zero-order valence-electron chi connectivity index (χ0n) is 13.4. The summed E-state index contributed by atoms with van der Waals surface area (Å²) in [4.78, 5) is 15.9. The van der Waals surface area contributed by atoms with Gasteiger partial charge in [0.25, 0.3) is 0 Å². The van der Waals surface area contributed by atoms with Gasteiger partial charge < -0.3 is 20.3 Å². The van der Waals surface area contributed by atoms with Crippen molar-refractivity contribution in [3.05, 3.63) is 29.8 Å². The minimum atomic E-state index is -0.477. The van der Waals surface area contributed by atoms with Crippen molar-refractivity contribution >= 4 is 17.6 Å². The van der Waals surface area contributed by atoms with Crippen LogP contribution in [0.25, 0.3) is 0 Å². The van der Waals surface area contributed by atoms with Crippen molar-refractivity contribution in [2.24, 2.45) is 5.73 Å². The van der Waals surface area contributed by atoms with Crippen LogP contribution in [-0.2, 0) is 4.74 Å². The third-order valence-electron chi connectivity index (χ3n) is 3.47. The molecule has 0 aliphatic carbocycles. The number of anilines is 1. The fraction of sp³-hybridized carbons (Fsp3) is 0.500. The highest BCUT2D eigenvalue weighted by Crippen LogP contribution is 2.22. The third-order valence-corrected chi connectivity index (χ3v) is 3.47. The lowest BCUT2D eigenvalue weighted by Gasteiger charge is -2.37. The third kappa shape index (κ3) is 3.90. The van der Waals surface area contributed by atoms with Crippen LogP contribution in [0.2, 0.25) is 0 Å². The Kier molecular flexibility index (Phi) is 4.59. The molecule has 0 atom stereocenters. The Hall–Kier alpha value is -2.24. The van der Waals surface area contributed by atoms with Gasteiger partial charge in [0.15, 0.2) is 0 Å². The predicted octanol–water partition coefficient (Wildman–Crippen LogP) is 2.03. The first-order valence-electron chi connectivity index (χ1n) is 7.44. The topological polar surface area (TPSA) is 82.7 Å². The van der Waals surface area contributed by atoms with E-state index in [0.29, 0.717) is 26.2 Å². The van der Waals surface area contributed by atoms with Gasteiger partial charge in [-0.2, -0.15) is 0 Å². The SMILES string of the molecule is CC(C)(C)OC(=O)N1CCN(c2ccccc2C(=N)N)CC1. The number of ether oxygens (including phenoxy) is 1. The molecule has 1 aromatic carbocycles. The van der Waals surface area contributed by atoms with E-state index in [2.05, 4.69) is 4.90 Å². The van der Waals surface area contributed by atoms with Crippen molar-refractivity contribution in [1.82, 2.24) is 4.90 Å². The molecule has 120 valence electrons. The van der Waals surface area contributed by atoms with Crippen LogP contribution in [0.4, 0.5) is 10.5 Å². The van der Waals surface area contributed by atoms with Crippen molar-refractivity contribution in [1.29, 1.82) is 5.41 Å². The van der Waals surface area contributed by atoms with Gasteiger partial charge >= 0.3 is 6.09 Å². The number of hydrogen-bond donors (Lipinski definition) is 2. The number of nitrogens with one attached hydrogen (secondary N) is 1. The molecule has 1 saturated heterocycles. The second-order valence-corrected chi connectivity index (χ2v) is 6.39. The van der Waals surface area contributed by atoms with Crippen molar-refractivity contribution in [3.8, 4) is 0 Å². The summed E-state index contributed by atoms with van der Waals surface area (Å²) >= 11 is 0. The second-order valence-electron chi connectivity index (χ2n) is 6.39. The lowest BCUT2D eigenvalue weighted by Crippen LogP contribution is -2.50. The van der Waals surface area contributed by atoms with Crippen LogP contribution >= 0.6 is 0 Å². The largest absolute Gasteiger partial charge is 0.444 e. The Labute approximate surface area is 131 Å². The predicted molar refractivity (Wildman–Crippen MR) is 87.5 cm³/mol. The number of carbonyl (C=O) groups is 1. The molecular formula is C16H24N4O2. The summed E-state index contributed by atoms with van der Waals surface area (Å²) in [6, 6.07) is 7.61. The van der Waals surface area contributed by atoms with Crippen LogP contribution in [0.1, 0.15) is 26.3 Å². The minimum absolute atomic E-state index is 0.0603. The normalized spacial score (nSPS) is 15.6. The number of hydrogen-bond acceptors (Lipinski definition) is 4. The first kappa shape index (κ1) is 16.1. The molecule has 0 spiro atoms. The van der Waals surface area contributed by atoms with E-state index in [9.17, 15) is 4.79 Å². The highest BCUT2D eigenvalue weighted by Gasteiger charge is 2.26. The monoisotopic (exact) mass is 304 g/mol. The minimum Gasteiger partial charge on any atom is -0.444 e. The average Bonchev–Trinajstić information content (AvgIpc) is 2.45. The van der Waals surface area contributed by atoms with E-state index in [1.807, 2.05) is 45.0 Å². The number of nitrogens with zero attached hydrogens (tertiary/aromatic N) is 2. The summed E-state index contributed by atoms with van der Waals surface area (Å²) in [5, 5.41) is 7.67. The Morgan fingerprint density at radius 1 is 1.18 bits per heavy atom. The van der Waals surface area contributed by atoms with Gasteiger partial charge in [-0.15, -0.1) is 0 Å². The summed E-state index contributed by atoms with van der Waals surface area (Å²) in [5.74, 6) is 0.0603. The smallest absolute Gasteiger partial charge is 0.410 e. The Balaban J connectivity index is 2.01. The summed E-state index contributed by atoms with van der Waals surface area (Å²) in [5.41, 5.74) is 6.83. The lowest BCUT2D eigenvalue weighted by atomic mass is 10.1. The highest BCUT2D eigenvalue weighted by molar-refractivity contribution is 6.00. The van der Waals surface area contributed by atoms with Gasteiger partial charge in [-0.25, -0.2) is 4.79 Å². The van der Waals surface area contributed by atoms with Crippen LogP contribution in [0.5, 0.6) is 0 Å². The zero-order chi connectivity index (χ0) is 16.3. The molecule has 1 aliphatic rings. The molecule has 6 nitrogen and oxygen atoms in total. The molecule has 0 aromatic heterocycles. The maximum atomic E-state index is 12.1. The van der Waals surface area contributed by atoms with E-state index >= 15 is 0 Å². The molecule has 22 heavy (non-hydrogen) atoms. The summed E-state index contributed by atoms with van der Waals surface area (Å²) in [7, 11) is 0. The number of nitrogens with two attached hydrogens (primary N) is 1. The standard InChI is InChI=1S/C16H24N4O2/c1-16(2,3)22-15(21)20-10-8-19(9-11-20)13-7-5-4-6-12(13)14(17)18/h4-7H,8-11H2,1-3H3,(H3,17,18). The van der Waals surface area contributed by atoms with Gasteiger partial charge in [0.1, 0.15) is 11.4 Å². The molecular weight excluding hydrogens is 280 g/mol. The van der Waals surface area contributed by atoms with Crippen LogP contribution in [-0.4, -0.2) is 48.6 Å². The number of piperazine rings is 1. The molecule has 0 bridgehead atoms. The quantitative estimate of drug-likeness (QED) is 0.647. The van der Waals surface area contributed by atoms with Gasteiger partial charge in [0.05, 0.1) is 0 Å². The molecule has 6 heteroatoms. The highest BCUT2D eigenvalue weighted by atomic mass is 16.6. The maximum Gasteiger partial charge on any atom is 0.410 e. The van der Waals surface area contributed by atoms with E-state index in [1.165, 1.54) is 0 Å². The Bertz CT molecular complexity index is 558. The Morgan fingerprint density at radius 3 is 2.32 bits per heavy atom. The summed E-state index contributed by atoms with van der Waals surface area (Å²) in [6.07, 6.45) is -0.271. The van der Waals surface area contributed by atoms with E-state index in [1.54, 1.807) is 4.90 Å². The van der Waals surface area contributed by atoms with Gasteiger partial charge in [-0.3, -0.25) is 5.41 Å².